The van der Waals surface area contributed by atoms with Gasteiger partial charge in [0.25, 0.3) is 5.91 Å². The van der Waals surface area contributed by atoms with Crippen molar-refractivity contribution in [3.63, 3.8) is 0 Å². The molecule has 8 nitrogen and oxygen atoms in total. The van der Waals surface area contributed by atoms with Gasteiger partial charge in [-0.2, -0.15) is 0 Å². The van der Waals surface area contributed by atoms with Crippen molar-refractivity contribution in [1.29, 1.82) is 0 Å². The van der Waals surface area contributed by atoms with E-state index < -0.39 is 6.04 Å². The Bertz CT molecular complexity index is 1430. The summed E-state index contributed by atoms with van der Waals surface area (Å²) in [6, 6.07) is 23.5. The fraction of sp³-hybridized carbons (Fsp3) is 0.214. The molecule has 0 saturated carbocycles. The maximum absolute atomic E-state index is 13.1. The Balaban J connectivity index is 1.31. The lowest BCUT2D eigenvalue weighted by Gasteiger charge is -2.20. The van der Waals surface area contributed by atoms with Gasteiger partial charge in [-0.3, -0.25) is 14.4 Å². The second kappa shape index (κ2) is 10.0. The predicted octanol–water partition coefficient (Wildman–Crippen LogP) is 3.50. The van der Waals surface area contributed by atoms with Crippen molar-refractivity contribution in [1.82, 2.24) is 20.2 Å². The first-order valence-corrected chi connectivity index (χ1v) is 11.9. The van der Waals surface area contributed by atoms with Gasteiger partial charge in [0.1, 0.15) is 11.9 Å². The summed E-state index contributed by atoms with van der Waals surface area (Å²) in [6.45, 7) is 0. The predicted molar refractivity (Wildman–Crippen MR) is 137 cm³/mol. The zero-order chi connectivity index (χ0) is 25.1. The van der Waals surface area contributed by atoms with E-state index in [4.69, 9.17) is 4.98 Å². The van der Waals surface area contributed by atoms with Crippen LogP contribution in [0.5, 0.6) is 0 Å². The van der Waals surface area contributed by atoms with Crippen molar-refractivity contribution in [3.8, 4) is 0 Å². The van der Waals surface area contributed by atoms with Crippen LogP contribution in [0.1, 0.15) is 40.6 Å². The van der Waals surface area contributed by atoms with Crippen LogP contribution >= 0.6 is 0 Å². The number of benzene rings is 3. The molecule has 5 rings (SSSR count). The lowest BCUT2D eigenvalue weighted by molar-refractivity contribution is -0.122. The number of nitrogens with zero attached hydrogens (tertiary/aromatic N) is 2. The number of anilines is 1. The molecule has 3 aromatic carbocycles. The fourth-order valence-corrected chi connectivity index (χ4v) is 4.59. The summed E-state index contributed by atoms with van der Waals surface area (Å²) in [5.41, 5.74) is 3.79. The number of hydrogen-bond donors (Lipinski definition) is 3. The van der Waals surface area contributed by atoms with Crippen molar-refractivity contribution >= 4 is 34.4 Å². The molecule has 1 unspecified atom stereocenters. The van der Waals surface area contributed by atoms with Gasteiger partial charge < -0.3 is 20.5 Å². The molecule has 0 saturated heterocycles. The third-order valence-electron chi connectivity index (χ3n) is 6.46. The highest BCUT2D eigenvalue weighted by molar-refractivity contribution is 6.09. The molecule has 2 atom stereocenters. The first-order chi connectivity index (χ1) is 17.5. The minimum absolute atomic E-state index is 0.0734. The number of imidazole rings is 1. The third kappa shape index (κ3) is 4.84. The number of fused-ring (bicyclic) bond motifs is 2. The molecule has 1 aromatic heterocycles. The number of nitrogens with one attached hydrogen (secondary N) is 3. The second-order valence-corrected chi connectivity index (χ2v) is 8.93. The summed E-state index contributed by atoms with van der Waals surface area (Å²) in [7, 11) is 1.94. The number of rotatable bonds is 7. The maximum Gasteiger partial charge on any atom is 0.254 e. The molecule has 36 heavy (non-hydrogen) atoms. The van der Waals surface area contributed by atoms with Crippen LogP contribution in [0.4, 0.5) is 5.69 Å². The molecule has 182 valence electrons. The lowest BCUT2D eigenvalue weighted by Crippen LogP contribution is -2.42. The second-order valence-electron chi connectivity index (χ2n) is 8.93. The molecule has 3 amide bonds. The van der Waals surface area contributed by atoms with Crippen LogP contribution in [0, 0.1) is 0 Å². The van der Waals surface area contributed by atoms with Crippen LogP contribution in [0.3, 0.4) is 0 Å². The Morgan fingerprint density at radius 1 is 1.00 bits per heavy atom. The summed E-state index contributed by atoms with van der Waals surface area (Å²) in [5, 5.41) is 8.64. The molecule has 0 spiro atoms. The molecular formula is C28H27N5O3. The monoisotopic (exact) mass is 481 g/mol. The molecular weight excluding hydrogens is 454 g/mol. The normalized spacial score (nSPS) is 16.0. The van der Waals surface area contributed by atoms with Crippen molar-refractivity contribution in [2.75, 3.05) is 5.32 Å². The molecule has 0 fully saturated rings. The van der Waals surface area contributed by atoms with E-state index >= 15 is 0 Å². The first kappa shape index (κ1) is 23.3. The quantitative estimate of drug-likeness (QED) is 0.376. The average molecular weight is 482 g/mol. The van der Waals surface area contributed by atoms with E-state index in [1.54, 1.807) is 24.3 Å². The van der Waals surface area contributed by atoms with Crippen molar-refractivity contribution in [2.45, 2.75) is 31.3 Å². The summed E-state index contributed by atoms with van der Waals surface area (Å²) < 4.78 is 2.00. The highest BCUT2D eigenvalue weighted by Gasteiger charge is 2.28. The van der Waals surface area contributed by atoms with E-state index in [9.17, 15) is 14.4 Å². The minimum atomic E-state index is -0.807. The van der Waals surface area contributed by atoms with Crippen LogP contribution in [0.15, 0.2) is 78.9 Å². The molecule has 1 aliphatic heterocycles. The van der Waals surface area contributed by atoms with Crippen molar-refractivity contribution < 1.29 is 14.4 Å². The standard InChI is InChI=1S/C28H27N5O3/c1-33-24-14-8-7-13-21(24)30-26(33)23(17-18-9-3-2-4-10-18)29-25(34)16-15-22-28(36)31-20-12-6-5-11-19(20)27(35)32-22/h2-14,22-23H,15-17H2,1H3,(H,29,34)(H,31,36)(H,32,35)/t22?,23-/m1/s1. The van der Waals surface area contributed by atoms with E-state index in [2.05, 4.69) is 16.0 Å². The van der Waals surface area contributed by atoms with Crippen LogP contribution < -0.4 is 16.0 Å². The molecule has 8 heteroatoms. The zero-order valence-electron chi connectivity index (χ0n) is 19.9. The van der Waals surface area contributed by atoms with Gasteiger partial charge in [-0.25, -0.2) is 4.98 Å². The van der Waals surface area contributed by atoms with Crippen LogP contribution in [-0.4, -0.2) is 33.3 Å². The Hall–Kier alpha value is -4.46. The topological polar surface area (TPSA) is 105 Å². The highest BCUT2D eigenvalue weighted by atomic mass is 16.2. The van der Waals surface area contributed by atoms with Crippen molar-refractivity contribution in [3.05, 3.63) is 95.8 Å². The number of carbonyl (C=O) groups is 3. The van der Waals surface area contributed by atoms with Gasteiger partial charge in [0.05, 0.1) is 28.3 Å². The van der Waals surface area contributed by atoms with Gasteiger partial charge in [-0.1, -0.05) is 54.6 Å². The van der Waals surface area contributed by atoms with E-state index in [-0.39, 0.29) is 36.6 Å². The minimum Gasteiger partial charge on any atom is -0.346 e. The summed E-state index contributed by atoms with van der Waals surface area (Å²) >= 11 is 0. The molecule has 2 heterocycles. The zero-order valence-corrected chi connectivity index (χ0v) is 19.9. The molecule has 0 radical (unpaired) electrons. The van der Waals surface area contributed by atoms with Crippen LogP contribution in [0.25, 0.3) is 11.0 Å². The largest absolute Gasteiger partial charge is 0.346 e. The van der Waals surface area contributed by atoms with Gasteiger partial charge in [0.2, 0.25) is 11.8 Å². The van der Waals surface area contributed by atoms with Crippen LogP contribution in [0.2, 0.25) is 0 Å². The van der Waals surface area contributed by atoms with Gasteiger partial charge in [-0.15, -0.1) is 0 Å². The summed E-state index contributed by atoms with van der Waals surface area (Å²) in [5.74, 6) is -0.135. The summed E-state index contributed by atoms with van der Waals surface area (Å²) in [6.07, 6.45) is 0.821. The first-order valence-electron chi connectivity index (χ1n) is 11.9. The SMILES string of the molecule is Cn1c([C@@H](Cc2ccccc2)NC(=O)CCC2NC(=O)c3ccccc3NC2=O)nc2ccccc21. The maximum atomic E-state index is 13.1. The van der Waals surface area contributed by atoms with E-state index in [0.717, 1.165) is 22.4 Å². The lowest BCUT2D eigenvalue weighted by atomic mass is 10.0. The van der Waals surface area contributed by atoms with Gasteiger partial charge in [0, 0.05) is 13.5 Å². The Labute approximate surface area is 208 Å². The fourth-order valence-electron chi connectivity index (χ4n) is 4.59. The highest BCUT2D eigenvalue weighted by Crippen LogP contribution is 2.23. The number of carbonyl (C=O) groups excluding carboxylic acids is 3. The van der Waals surface area contributed by atoms with E-state index in [1.165, 1.54) is 0 Å². The number of amides is 3. The average Bonchev–Trinajstić information content (AvgIpc) is 3.17. The van der Waals surface area contributed by atoms with E-state index in [0.29, 0.717) is 17.7 Å². The molecule has 0 aliphatic carbocycles. The Kier molecular flexibility index (Phi) is 6.49. The molecule has 1 aliphatic rings. The number of para-hydroxylation sites is 3. The molecule has 0 bridgehead atoms. The van der Waals surface area contributed by atoms with E-state index in [1.807, 2.05) is 66.2 Å². The van der Waals surface area contributed by atoms with Gasteiger partial charge in [-0.05, 0) is 42.7 Å². The number of aromatic nitrogens is 2. The van der Waals surface area contributed by atoms with Crippen molar-refractivity contribution in [2.24, 2.45) is 7.05 Å². The summed E-state index contributed by atoms with van der Waals surface area (Å²) in [4.78, 5) is 43.2. The number of aryl methyl sites for hydroxylation is 1. The van der Waals surface area contributed by atoms with Gasteiger partial charge >= 0.3 is 0 Å². The van der Waals surface area contributed by atoms with Gasteiger partial charge in [0.15, 0.2) is 0 Å². The molecule has 4 aromatic rings. The van der Waals surface area contributed by atoms with Crippen LogP contribution in [-0.2, 0) is 23.1 Å². The Morgan fingerprint density at radius 2 is 1.72 bits per heavy atom. The Morgan fingerprint density at radius 3 is 2.53 bits per heavy atom. The number of hydrogen-bond acceptors (Lipinski definition) is 4. The third-order valence-corrected chi connectivity index (χ3v) is 6.46. The smallest absolute Gasteiger partial charge is 0.254 e. The molecule has 3 N–H and O–H groups in total.